The Labute approximate surface area is 110 Å². The van der Waals surface area contributed by atoms with Gasteiger partial charge in [-0.25, -0.2) is 14.8 Å². The summed E-state index contributed by atoms with van der Waals surface area (Å²) in [7, 11) is 0. The van der Waals surface area contributed by atoms with Crippen LogP contribution in [0.3, 0.4) is 0 Å². The van der Waals surface area contributed by atoms with E-state index in [1.54, 1.807) is 0 Å². The summed E-state index contributed by atoms with van der Waals surface area (Å²) in [5.74, 6) is -0.388. The smallest absolute Gasteiger partial charge is 0.356 e. The predicted octanol–water partition coefficient (Wildman–Crippen LogP) is 0.152. The first kappa shape index (κ1) is 13.7. The van der Waals surface area contributed by atoms with E-state index in [2.05, 4.69) is 14.9 Å². The number of anilines is 1. The van der Waals surface area contributed by atoms with Crippen LogP contribution >= 0.6 is 0 Å². The van der Waals surface area contributed by atoms with Gasteiger partial charge < -0.3 is 19.8 Å². The number of hydrogen-bond donors (Lipinski definition) is 2. The Morgan fingerprint density at radius 2 is 2.11 bits per heavy atom. The van der Waals surface area contributed by atoms with E-state index in [9.17, 15) is 4.79 Å². The van der Waals surface area contributed by atoms with Crippen molar-refractivity contribution >= 4 is 11.8 Å². The van der Waals surface area contributed by atoms with Crippen molar-refractivity contribution in [1.82, 2.24) is 9.97 Å². The average molecular weight is 267 g/mol. The lowest BCUT2D eigenvalue weighted by Crippen LogP contribution is -2.37. The number of carboxylic acid groups (broad SMARTS) is 1. The number of ether oxygens (including phenoxy) is 1. The first-order chi connectivity index (χ1) is 9.20. The van der Waals surface area contributed by atoms with Crippen molar-refractivity contribution in [2.75, 3.05) is 31.2 Å². The van der Waals surface area contributed by atoms with Crippen molar-refractivity contribution in [3.8, 4) is 0 Å². The zero-order valence-corrected chi connectivity index (χ0v) is 10.5. The zero-order chi connectivity index (χ0) is 13.7. The molecular weight excluding hydrogens is 250 g/mol. The standard InChI is InChI=1S/C12H17N3O4/c16-5-6-19-9-1-3-15(4-2-9)11-8-13-10(7-14-11)12(17)18/h7-9,16H,1-6H2,(H,17,18). The van der Waals surface area contributed by atoms with Crippen molar-refractivity contribution in [2.45, 2.75) is 18.9 Å². The van der Waals surface area contributed by atoms with Crippen LogP contribution in [0.15, 0.2) is 12.4 Å². The molecule has 1 saturated heterocycles. The highest BCUT2D eigenvalue weighted by molar-refractivity contribution is 5.84. The molecule has 7 heteroatoms. The maximum Gasteiger partial charge on any atom is 0.356 e. The molecule has 2 N–H and O–H groups in total. The number of aliphatic hydroxyl groups is 1. The Morgan fingerprint density at radius 3 is 2.63 bits per heavy atom. The number of piperidine rings is 1. The second-order valence-corrected chi connectivity index (χ2v) is 4.35. The summed E-state index contributed by atoms with van der Waals surface area (Å²) in [6, 6.07) is 0. The van der Waals surface area contributed by atoms with Crippen LogP contribution in [0.4, 0.5) is 5.82 Å². The minimum Gasteiger partial charge on any atom is -0.476 e. The monoisotopic (exact) mass is 267 g/mol. The van der Waals surface area contributed by atoms with E-state index in [1.807, 2.05) is 0 Å². The average Bonchev–Trinajstić information content (AvgIpc) is 2.46. The number of carbonyl (C=O) groups is 1. The van der Waals surface area contributed by atoms with Gasteiger partial charge in [-0.15, -0.1) is 0 Å². The van der Waals surface area contributed by atoms with Crippen LogP contribution in [0.5, 0.6) is 0 Å². The van der Waals surface area contributed by atoms with Gasteiger partial charge in [-0.1, -0.05) is 0 Å². The van der Waals surface area contributed by atoms with Gasteiger partial charge in [-0.3, -0.25) is 0 Å². The van der Waals surface area contributed by atoms with E-state index >= 15 is 0 Å². The summed E-state index contributed by atoms with van der Waals surface area (Å²) >= 11 is 0. The Morgan fingerprint density at radius 1 is 1.37 bits per heavy atom. The van der Waals surface area contributed by atoms with Gasteiger partial charge in [-0.05, 0) is 12.8 Å². The Balaban J connectivity index is 1.88. The summed E-state index contributed by atoms with van der Waals surface area (Å²) in [6.07, 6.45) is 4.66. The topological polar surface area (TPSA) is 95.8 Å². The summed E-state index contributed by atoms with van der Waals surface area (Å²) < 4.78 is 5.48. The summed E-state index contributed by atoms with van der Waals surface area (Å²) in [6.45, 7) is 1.99. The van der Waals surface area contributed by atoms with E-state index in [-0.39, 0.29) is 18.4 Å². The van der Waals surface area contributed by atoms with E-state index in [0.717, 1.165) is 25.9 Å². The SMILES string of the molecule is O=C(O)c1cnc(N2CCC(OCCO)CC2)cn1. The third kappa shape index (κ3) is 3.62. The number of hydrogen-bond acceptors (Lipinski definition) is 6. The van der Waals surface area contributed by atoms with Gasteiger partial charge in [0.05, 0.1) is 31.7 Å². The minimum absolute atomic E-state index is 0.0440. The number of aliphatic hydroxyl groups excluding tert-OH is 1. The van der Waals surface area contributed by atoms with Crippen molar-refractivity contribution in [2.24, 2.45) is 0 Å². The fraction of sp³-hybridized carbons (Fsp3) is 0.583. The quantitative estimate of drug-likeness (QED) is 0.784. The molecule has 0 saturated carbocycles. The molecule has 0 aromatic carbocycles. The molecule has 2 heterocycles. The molecule has 0 unspecified atom stereocenters. The van der Waals surface area contributed by atoms with Crippen LogP contribution < -0.4 is 4.90 Å². The normalized spacial score (nSPS) is 16.6. The lowest BCUT2D eigenvalue weighted by molar-refractivity contribution is 0.0158. The fourth-order valence-electron chi connectivity index (χ4n) is 2.07. The second-order valence-electron chi connectivity index (χ2n) is 4.35. The van der Waals surface area contributed by atoms with Gasteiger partial charge in [0, 0.05) is 13.1 Å². The largest absolute Gasteiger partial charge is 0.476 e. The number of aromatic nitrogens is 2. The third-order valence-corrected chi connectivity index (χ3v) is 3.07. The molecule has 7 nitrogen and oxygen atoms in total. The van der Waals surface area contributed by atoms with Gasteiger partial charge >= 0.3 is 5.97 Å². The molecular formula is C12H17N3O4. The molecule has 0 aliphatic carbocycles. The summed E-state index contributed by atoms with van der Waals surface area (Å²) in [5, 5.41) is 17.4. The third-order valence-electron chi connectivity index (χ3n) is 3.07. The summed E-state index contributed by atoms with van der Waals surface area (Å²) in [5.41, 5.74) is -0.0510. The Bertz CT molecular complexity index is 415. The molecule has 1 aromatic heterocycles. The number of carboxylic acids is 1. The van der Waals surface area contributed by atoms with Crippen molar-refractivity contribution in [3.63, 3.8) is 0 Å². The fourth-order valence-corrected chi connectivity index (χ4v) is 2.07. The van der Waals surface area contributed by atoms with Crippen molar-refractivity contribution in [1.29, 1.82) is 0 Å². The van der Waals surface area contributed by atoms with Crippen LogP contribution in [0.25, 0.3) is 0 Å². The highest BCUT2D eigenvalue weighted by Gasteiger charge is 2.20. The van der Waals surface area contributed by atoms with Crippen molar-refractivity contribution in [3.05, 3.63) is 18.1 Å². The van der Waals surface area contributed by atoms with E-state index in [0.29, 0.717) is 12.4 Å². The second kappa shape index (κ2) is 6.44. The van der Waals surface area contributed by atoms with E-state index in [4.69, 9.17) is 14.9 Å². The molecule has 1 fully saturated rings. The van der Waals surface area contributed by atoms with Crippen LogP contribution in [-0.4, -0.2) is 58.6 Å². The predicted molar refractivity (Wildman–Crippen MR) is 67.3 cm³/mol. The lowest BCUT2D eigenvalue weighted by Gasteiger charge is -2.32. The molecule has 0 spiro atoms. The number of aromatic carboxylic acids is 1. The number of rotatable bonds is 5. The summed E-state index contributed by atoms with van der Waals surface area (Å²) in [4.78, 5) is 20.7. The molecule has 1 aliphatic rings. The van der Waals surface area contributed by atoms with Gasteiger partial charge in [0.2, 0.25) is 0 Å². The lowest BCUT2D eigenvalue weighted by atomic mass is 10.1. The van der Waals surface area contributed by atoms with Crippen LogP contribution in [0.2, 0.25) is 0 Å². The first-order valence-corrected chi connectivity index (χ1v) is 6.23. The van der Waals surface area contributed by atoms with Gasteiger partial charge in [0.25, 0.3) is 0 Å². The maximum atomic E-state index is 10.7. The number of nitrogens with zero attached hydrogens (tertiary/aromatic N) is 3. The zero-order valence-electron chi connectivity index (χ0n) is 10.5. The van der Waals surface area contributed by atoms with Gasteiger partial charge in [0.1, 0.15) is 5.82 Å². The van der Waals surface area contributed by atoms with Gasteiger partial charge in [-0.2, -0.15) is 0 Å². The molecule has 0 atom stereocenters. The highest BCUT2D eigenvalue weighted by Crippen LogP contribution is 2.18. The van der Waals surface area contributed by atoms with Gasteiger partial charge in [0.15, 0.2) is 5.69 Å². The molecule has 2 rings (SSSR count). The molecule has 0 amide bonds. The molecule has 0 radical (unpaired) electrons. The Kier molecular flexibility index (Phi) is 4.64. The van der Waals surface area contributed by atoms with Crippen LogP contribution in [0.1, 0.15) is 23.3 Å². The highest BCUT2D eigenvalue weighted by atomic mass is 16.5. The molecule has 1 aliphatic heterocycles. The Hall–Kier alpha value is -1.73. The first-order valence-electron chi connectivity index (χ1n) is 6.23. The van der Waals surface area contributed by atoms with Crippen LogP contribution in [-0.2, 0) is 4.74 Å². The maximum absolute atomic E-state index is 10.7. The van der Waals surface area contributed by atoms with Crippen molar-refractivity contribution < 1.29 is 19.7 Å². The molecule has 0 bridgehead atoms. The van der Waals surface area contributed by atoms with E-state index in [1.165, 1.54) is 12.4 Å². The minimum atomic E-state index is -1.07. The van der Waals surface area contributed by atoms with E-state index < -0.39 is 5.97 Å². The molecule has 104 valence electrons. The molecule has 19 heavy (non-hydrogen) atoms. The van der Waals surface area contributed by atoms with Crippen LogP contribution in [0, 0.1) is 0 Å². The molecule has 1 aromatic rings.